The molecule has 0 spiro atoms. The molecule has 1 aromatic rings. The van der Waals surface area contributed by atoms with Gasteiger partial charge in [-0.1, -0.05) is 6.92 Å². The lowest BCUT2D eigenvalue weighted by atomic mass is 10.1. The highest BCUT2D eigenvalue weighted by atomic mass is 16.5. The number of ketones is 1. The Labute approximate surface area is 125 Å². The van der Waals surface area contributed by atoms with Crippen molar-refractivity contribution in [2.75, 3.05) is 31.2 Å². The number of rotatable bonds is 4. The standard InChI is InChI=1S/C16H21N3O2/c1-3-4-15(20)12-9-13-14(10-12)17-11(2)18-16(13)19-5-7-21-8-6-19/h10H,3-9H2,1-2H3. The Hall–Kier alpha value is -1.75. The van der Waals surface area contributed by atoms with Gasteiger partial charge in [0.25, 0.3) is 0 Å². The summed E-state index contributed by atoms with van der Waals surface area (Å²) in [6, 6.07) is 0. The molecule has 1 aliphatic carbocycles. The van der Waals surface area contributed by atoms with E-state index >= 15 is 0 Å². The average Bonchev–Trinajstić information content (AvgIpc) is 2.91. The van der Waals surface area contributed by atoms with Crippen molar-refractivity contribution in [1.29, 1.82) is 0 Å². The molecule has 1 aromatic heterocycles. The summed E-state index contributed by atoms with van der Waals surface area (Å²) in [5, 5.41) is 0. The van der Waals surface area contributed by atoms with Gasteiger partial charge in [-0.05, 0) is 19.4 Å². The first-order valence-corrected chi connectivity index (χ1v) is 7.63. The van der Waals surface area contributed by atoms with Gasteiger partial charge in [-0.3, -0.25) is 4.79 Å². The third-order valence-electron chi connectivity index (χ3n) is 3.95. The molecule has 1 fully saturated rings. The number of fused-ring (bicyclic) bond motifs is 1. The maximum absolute atomic E-state index is 12.1. The van der Waals surface area contributed by atoms with Gasteiger partial charge in [0, 0.05) is 37.1 Å². The molecule has 1 saturated heterocycles. The fourth-order valence-electron chi connectivity index (χ4n) is 2.90. The van der Waals surface area contributed by atoms with E-state index in [-0.39, 0.29) is 5.78 Å². The second kappa shape index (κ2) is 5.93. The number of aryl methyl sites for hydroxylation is 1. The minimum Gasteiger partial charge on any atom is -0.378 e. The zero-order chi connectivity index (χ0) is 14.8. The van der Waals surface area contributed by atoms with E-state index in [2.05, 4.69) is 14.9 Å². The van der Waals surface area contributed by atoms with Gasteiger partial charge in [0.05, 0.1) is 18.9 Å². The molecule has 3 rings (SSSR count). The SMILES string of the molecule is CCCC(=O)C1=Cc2nc(C)nc(N3CCOCC3)c2C1. The van der Waals surface area contributed by atoms with Crippen LogP contribution in [0.15, 0.2) is 5.57 Å². The largest absolute Gasteiger partial charge is 0.378 e. The molecule has 21 heavy (non-hydrogen) atoms. The molecule has 5 nitrogen and oxygen atoms in total. The molecule has 0 unspecified atom stereocenters. The molecule has 0 bridgehead atoms. The highest BCUT2D eigenvalue weighted by Gasteiger charge is 2.26. The first kappa shape index (κ1) is 14.2. The summed E-state index contributed by atoms with van der Waals surface area (Å²) in [5.74, 6) is 1.98. The molecule has 0 aromatic carbocycles. The highest BCUT2D eigenvalue weighted by Crippen LogP contribution is 2.32. The van der Waals surface area contributed by atoms with E-state index in [1.165, 1.54) is 0 Å². The highest BCUT2D eigenvalue weighted by molar-refractivity contribution is 6.02. The zero-order valence-electron chi connectivity index (χ0n) is 12.7. The van der Waals surface area contributed by atoms with E-state index in [1.807, 2.05) is 19.9 Å². The lowest BCUT2D eigenvalue weighted by molar-refractivity contribution is -0.115. The number of carbonyl (C=O) groups excluding carboxylic acids is 1. The maximum atomic E-state index is 12.1. The van der Waals surface area contributed by atoms with Crippen LogP contribution >= 0.6 is 0 Å². The third-order valence-corrected chi connectivity index (χ3v) is 3.95. The van der Waals surface area contributed by atoms with Crippen LogP contribution < -0.4 is 4.90 Å². The minimum absolute atomic E-state index is 0.237. The van der Waals surface area contributed by atoms with Crippen LogP contribution in [0.1, 0.15) is 36.8 Å². The number of morpholine rings is 1. The minimum atomic E-state index is 0.237. The van der Waals surface area contributed by atoms with Crippen LogP contribution in [-0.2, 0) is 16.0 Å². The predicted octanol–water partition coefficient (Wildman–Crippen LogP) is 1.93. The molecule has 1 aliphatic heterocycles. The number of aromatic nitrogens is 2. The number of carbonyl (C=O) groups is 1. The summed E-state index contributed by atoms with van der Waals surface area (Å²) in [6.07, 6.45) is 4.11. The molecular weight excluding hydrogens is 266 g/mol. The van der Waals surface area contributed by atoms with Gasteiger partial charge in [0.2, 0.25) is 0 Å². The van der Waals surface area contributed by atoms with Crippen LogP contribution in [-0.4, -0.2) is 42.1 Å². The van der Waals surface area contributed by atoms with Gasteiger partial charge in [0.15, 0.2) is 5.78 Å². The molecule has 0 atom stereocenters. The van der Waals surface area contributed by atoms with Crippen molar-refractivity contribution in [2.24, 2.45) is 0 Å². The molecule has 0 radical (unpaired) electrons. The van der Waals surface area contributed by atoms with E-state index < -0.39 is 0 Å². The molecule has 112 valence electrons. The van der Waals surface area contributed by atoms with Gasteiger partial charge in [0.1, 0.15) is 11.6 Å². The molecule has 2 heterocycles. The number of hydrogen-bond donors (Lipinski definition) is 0. The van der Waals surface area contributed by atoms with E-state index in [9.17, 15) is 4.79 Å². The van der Waals surface area contributed by atoms with Gasteiger partial charge >= 0.3 is 0 Å². The fraction of sp³-hybridized carbons (Fsp3) is 0.562. The molecule has 2 aliphatic rings. The average molecular weight is 287 g/mol. The summed E-state index contributed by atoms with van der Waals surface area (Å²) in [6.45, 7) is 7.09. The van der Waals surface area contributed by atoms with Crippen molar-refractivity contribution < 1.29 is 9.53 Å². The topological polar surface area (TPSA) is 55.3 Å². The van der Waals surface area contributed by atoms with Crippen molar-refractivity contribution in [3.8, 4) is 0 Å². The third kappa shape index (κ3) is 2.83. The van der Waals surface area contributed by atoms with Crippen LogP contribution in [0.3, 0.4) is 0 Å². The van der Waals surface area contributed by atoms with Crippen molar-refractivity contribution in [3.05, 3.63) is 22.7 Å². The molecule has 0 N–H and O–H groups in total. The molecule has 0 saturated carbocycles. The number of nitrogens with zero attached hydrogens (tertiary/aromatic N) is 3. The van der Waals surface area contributed by atoms with Gasteiger partial charge < -0.3 is 9.64 Å². The van der Waals surface area contributed by atoms with E-state index in [4.69, 9.17) is 4.74 Å². The smallest absolute Gasteiger partial charge is 0.159 e. The van der Waals surface area contributed by atoms with Crippen LogP contribution in [0.5, 0.6) is 0 Å². The number of ether oxygens (including phenoxy) is 1. The van der Waals surface area contributed by atoms with E-state index in [0.29, 0.717) is 12.8 Å². The van der Waals surface area contributed by atoms with Gasteiger partial charge in [-0.2, -0.15) is 0 Å². The second-order valence-electron chi connectivity index (χ2n) is 5.58. The Balaban J connectivity index is 1.90. The molecule has 0 amide bonds. The summed E-state index contributed by atoms with van der Waals surface area (Å²) >= 11 is 0. The van der Waals surface area contributed by atoms with Crippen molar-refractivity contribution >= 4 is 17.7 Å². The van der Waals surface area contributed by atoms with Crippen molar-refractivity contribution in [3.63, 3.8) is 0 Å². The first-order valence-electron chi connectivity index (χ1n) is 7.63. The zero-order valence-corrected chi connectivity index (χ0v) is 12.7. The summed E-state index contributed by atoms with van der Waals surface area (Å²) in [7, 11) is 0. The fourth-order valence-corrected chi connectivity index (χ4v) is 2.90. The van der Waals surface area contributed by atoms with Crippen molar-refractivity contribution in [1.82, 2.24) is 9.97 Å². The monoisotopic (exact) mass is 287 g/mol. The lowest BCUT2D eigenvalue weighted by Crippen LogP contribution is -2.37. The van der Waals surface area contributed by atoms with E-state index in [0.717, 1.165) is 61.2 Å². The van der Waals surface area contributed by atoms with Crippen LogP contribution in [0.4, 0.5) is 5.82 Å². The predicted molar refractivity (Wildman–Crippen MR) is 81.4 cm³/mol. The Morgan fingerprint density at radius 3 is 2.81 bits per heavy atom. The normalized spacial score (nSPS) is 17.6. The summed E-state index contributed by atoms with van der Waals surface area (Å²) in [4.78, 5) is 23.5. The Morgan fingerprint density at radius 1 is 1.33 bits per heavy atom. The molecular formula is C16H21N3O2. The summed E-state index contributed by atoms with van der Waals surface area (Å²) < 4.78 is 5.41. The Kier molecular flexibility index (Phi) is 4.01. The van der Waals surface area contributed by atoms with Gasteiger partial charge in [-0.25, -0.2) is 9.97 Å². The number of anilines is 1. The number of hydrogen-bond acceptors (Lipinski definition) is 5. The summed E-state index contributed by atoms with van der Waals surface area (Å²) in [5.41, 5.74) is 2.90. The number of allylic oxidation sites excluding steroid dienone is 1. The van der Waals surface area contributed by atoms with Gasteiger partial charge in [-0.15, -0.1) is 0 Å². The van der Waals surface area contributed by atoms with Crippen LogP contribution in [0, 0.1) is 6.92 Å². The first-order chi connectivity index (χ1) is 10.2. The van der Waals surface area contributed by atoms with Crippen LogP contribution in [0.2, 0.25) is 0 Å². The van der Waals surface area contributed by atoms with Crippen LogP contribution in [0.25, 0.3) is 6.08 Å². The Bertz CT molecular complexity index is 589. The number of Topliss-reactive ketones (excluding diaryl/α,β-unsaturated/α-hetero) is 1. The molecule has 5 heteroatoms. The Morgan fingerprint density at radius 2 is 2.10 bits per heavy atom. The quantitative estimate of drug-likeness (QED) is 0.847. The lowest BCUT2D eigenvalue weighted by Gasteiger charge is -2.29. The van der Waals surface area contributed by atoms with Crippen molar-refractivity contribution in [2.45, 2.75) is 33.1 Å². The maximum Gasteiger partial charge on any atom is 0.159 e. The second-order valence-corrected chi connectivity index (χ2v) is 5.58. The van der Waals surface area contributed by atoms with E-state index in [1.54, 1.807) is 0 Å².